The van der Waals surface area contributed by atoms with E-state index in [0.717, 1.165) is 23.3 Å². The summed E-state index contributed by atoms with van der Waals surface area (Å²) in [5, 5.41) is 12.4. The second-order valence-electron chi connectivity index (χ2n) is 6.94. The molecule has 1 saturated carbocycles. The van der Waals surface area contributed by atoms with Crippen LogP contribution < -0.4 is 10.9 Å². The lowest BCUT2D eigenvalue weighted by molar-refractivity contribution is -0.149. The van der Waals surface area contributed by atoms with Crippen LogP contribution >= 0.6 is 11.3 Å². The Kier molecular flexibility index (Phi) is 5.02. The number of carbonyl (C=O) groups is 2. The number of thiophene rings is 1. The van der Waals surface area contributed by atoms with Gasteiger partial charge in [0.25, 0.3) is 11.5 Å². The zero-order chi connectivity index (χ0) is 19.8. The minimum absolute atomic E-state index is 0.135. The average molecular weight is 388 g/mol. The molecule has 0 spiro atoms. The summed E-state index contributed by atoms with van der Waals surface area (Å²) in [4.78, 5) is 42.4. The van der Waals surface area contributed by atoms with Gasteiger partial charge in [0.15, 0.2) is 6.61 Å². The summed E-state index contributed by atoms with van der Waals surface area (Å²) in [6, 6.07) is 2.11. The van der Waals surface area contributed by atoms with Gasteiger partial charge in [-0.05, 0) is 45.1 Å². The SMILES string of the molecule is Cc1sc2ncn(CC(=O)OCC(=O)N[C@](C)(C#N)C3CC3)c(=O)c2c1C. The molecule has 1 fully saturated rings. The van der Waals surface area contributed by atoms with Crippen molar-refractivity contribution in [2.75, 3.05) is 6.61 Å². The predicted molar refractivity (Wildman–Crippen MR) is 99.2 cm³/mol. The lowest BCUT2D eigenvalue weighted by Crippen LogP contribution is -2.48. The Hall–Kier alpha value is -2.73. The fourth-order valence-corrected chi connectivity index (χ4v) is 3.91. The number of amides is 1. The highest BCUT2D eigenvalue weighted by molar-refractivity contribution is 7.18. The maximum atomic E-state index is 12.6. The molecule has 2 aromatic heterocycles. The fourth-order valence-electron chi connectivity index (χ4n) is 2.92. The molecular weight excluding hydrogens is 368 g/mol. The molecule has 27 heavy (non-hydrogen) atoms. The van der Waals surface area contributed by atoms with Crippen LogP contribution in [0.15, 0.2) is 11.1 Å². The molecular formula is C18H20N4O4S. The molecule has 1 N–H and O–H groups in total. The molecule has 0 bridgehead atoms. The number of aromatic nitrogens is 2. The van der Waals surface area contributed by atoms with Crippen LogP contribution in [-0.2, 0) is 20.9 Å². The number of rotatable bonds is 6. The number of aryl methyl sites for hydroxylation is 2. The van der Waals surface area contributed by atoms with Crippen molar-refractivity contribution >= 4 is 33.4 Å². The van der Waals surface area contributed by atoms with Crippen molar-refractivity contribution < 1.29 is 14.3 Å². The number of hydrogen-bond donors (Lipinski definition) is 1. The molecule has 0 aromatic carbocycles. The van der Waals surface area contributed by atoms with Gasteiger partial charge in [0.1, 0.15) is 16.9 Å². The van der Waals surface area contributed by atoms with Gasteiger partial charge in [-0.2, -0.15) is 5.26 Å². The maximum Gasteiger partial charge on any atom is 0.326 e. The van der Waals surface area contributed by atoms with Crippen molar-refractivity contribution in [1.29, 1.82) is 5.26 Å². The summed E-state index contributed by atoms with van der Waals surface area (Å²) in [7, 11) is 0. The van der Waals surface area contributed by atoms with Gasteiger partial charge in [0.2, 0.25) is 0 Å². The van der Waals surface area contributed by atoms with Gasteiger partial charge in [-0.25, -0.2) is 4.98 Å². The zero-order valence-electron chi connectivity index (χ0n) is 15.4. The predicted octanol–water partition coefficient (Wildman–Crippen LogP) is 1.43. The number of carbonyl (C=O) groups excluding carboxylic acids is 2. The summed E-state index contributed by atoms with van der Waals surface area (Å²) in [6.45, 7) is 4.59. The maximum absolute atomic E-state index is 12.6. The highest BCUT2D eigenvalue weighted by Gasteiger charge is 2.43. The summed E-state index contributed by atoms with van der Waals surface area (Å²) in [5.74, 6) is -1.12. The van der Waals surface area contributed by atoms with Crippen LogP contribution in [0.3, 0.4) is 0 Å². The highest BCUT2D eigenvalue weighted by atomic mass is 32.1. The van der Waals surface area contributed by atoms with Crippen molar-refractivity contribution in [1.82, 2.24) is 14.9 Å². The van der Waals surface area contributed by atoms with Crippen LogP contribution in [0.4, 0.5) is 0 Å². The van der Waals surface area contributed by atoms with Crippen LogP contribution in [0.25, 0.3) is 10.2 Å². The number of esters is 1. The van der Waals surface area contributed by atoms with E-state index in [9.17, 15) is 19.6 Å². The Morgan fingerprint density at radius 2 is 2.19 bits per heavy atom. The van der Waals surface area contributed by atoms with E-state index in [1.165, 1.54) is 22.2 Å². The molecule has 2 aromatic rings. The third-order valence-corrected chi connectivity index (χ3v) is 5.96. The van der Waals surface area contributed by atoms with Crippen LogP contribution in [0.2, 0.25) is 0 Å². The molecule has 142 valence electrons. The quantitative estimate of drug-likeness (QED) is 0.749. The first-order valence-corrected chi connectivity index (χ1v) is 9.40. The molecule has 2 heterocycles. The first kappa shape index (κ1) is 19.0. The molecule has 0 saturated heterocycles. The van der Waals surface area contributed by atoms with E-state index in [1.54, 1.807) is 6.92 Å². The number of nitriles is 1. The third-order valence-electron chi connectivity index (χ3n) is 4.84. The van der Waals surface area contributed by atoms with Gasteiger partial charge in [-0.15, -0.1) is 11.3 Å². The Labute approximate surface area is 159 Å². The van der Waals surface area contributed by atoms with E-state index in [0.29, 0.717) is 10.2 Å². The number of nitrogens with zero attached hydrogens (tertiary/aromatic N) is 3. The third kappa shape index (κ3) is 3.85. The minimum Gasteiger partial charge on any atom is -0.454 e. The van der Waals surface area contributed by atoms with Gasteiger partial charge in [-0.1, -0.05) is 0 Å². The van der Waals surface area contributed by atoms with Crippen molar-refractivity contribution in [2.45, 2.75) is 45.7 Å². The molecule has 0 radical (unpaired) electrons. The Bertz CT molecular complexity index is 1010. The van der Waals surface area contributed by atoms with Crippen LogP contribution in [-0.4, -0.2) is 33.6 Å². The van der Waals surface area contributed by atoms with Crippen LogP contribution in [0.1, 0.15) is 30.2 Å². The van der Waals surface area contributed by atoms with E-state index in [1.807, 2.05) is 13.8 Å². The summed E-state index contributed by atoms with van der Waals surface area (Å²) < 4.78 is 6.13. The molecule has 9 heteroatoms. The molecule has 1 amide bonds. The van der Waals surface area contributed by atoms with Gasteiger partial charge in [-0.3, -0.25) is 19.0 Å². The van der Waals surface area contributed by atoms with Crippen molar-refractivity contribution in [3.63, 3.8) is 0 Å². The van der Waals surface area contributed by atoms with Gasteiger partial charge in [0, 0.05) is 4.88 Å². The van der Waals surface area contributed by atoms with E-state index >= 15 is 0 Å². The Morgan fingerprint density at radius 1 is 1.48 bits per heavy atom. The van der Waals surface area contributed by atoms with E-state index in [4.69, 9.17) is 4.74 Å². The topological polar surface area (TPSA) is 114 Å². The number of fused-ring (bicyclic) bond motifs is 1. The van der Waals surface area contributed by atoms with Gasteiger partial charge >= 0.3 is 5.97 Å². The number of ether oxygens (including phenoxy) is 1. The highest BCUT2D eigenvalue weighted by Crippen LogP contribution is 2.39. The smallest absolute Gasteiger partial charge is 0.326 e. The molecule has 1 atom stereocenters. The summed E-state index contributed by atoms with van der Waals surface area (Å²) in [5.41, 5.74) is -0.400. The largest absolute Gasteiger partial charge is 0.454 e. The Morgan fingerprint density at radius 3 is 2.81 bits per heavy atom. The normalized spacial score (nSPS) is 15.8. The van der Waals surface area contributed by atoms with Crippen LogP contribution in [0.5, 0.6) is 0 Å². The van der Waals surface area contributed by atoms with Crippen molar-refractivity contribution in [3.05, 3.63) is 27.1 Å². The van der Waals surface area contributed by atoms with Gasteiger partial charge < -0.3 is 10.1 Å². The first-order valence-electron chi connectivity index (χ1n) is 8.58. The monoisotopic (exact) mass is 388 g/mol. The summed E-state index contributed by atoms with van der Waals surface area (Å²) >= 11 is 1.43. The van der Waals surface area contributed by atoms with Crippen LogP contribution in [0, 0.1) is 31.1 Å². The summed E-state index contributed by atoms with van der Waals surface area (Å²) in [6.07, 6.45) is 3.09. The lowest BCUT2D eigenvalue weighted by atomic mass is 9.98. The number of hydrogen-bond acceptors (Lipinski definition) is 7. The second kappa shape index (κ2) is 7.12. The Balaban J connectivity index is 1.61. The second-order valence-corrected chi connectivity index (χ2v) is 8.14. The van der Waals surface area contributed by atoms with Crippen molar-refractivity contribution in [3.8, 4) is 6.07 Å². The molecule has 3 rings (SSSR count). The van der Waals surface area contributed by atoms with E-state index < -0.39 is 24.0 Å². The number of nitrogens with one attached hydrogen (secondary N) is 1. The minimum atomic E-state index is -0.941. The van der Waals surface area contributed by atoms with Gasteiger partial charge in [0.05, 0.1) is 17.8 Å². The van der Waals surface area contributed by atoms with E-state index in [2.05, 4.69) is 16.4 Å². The average Bonchev–Trinajstić information content (AvgIpc) is 3.43. The lowest BCUT2D eigenvalue weighted by Gasteiger charge is -2.22. The molecule has 0 unspecified atom stereocenters. The standard InChI is InChI=1S/C18H20N4O4S/c1-10-11(2)27-16-15(10)17(25)22(9-20-16)6-14(24)26-7-13(23)21-18(3,8-19)12-4-5-12/h9,12H,4-7H2,1-3H3,(H,21,23)/t18-/m1/s1. The van der Waals surface area contributed by atoms with E-state index in [-0.39, 0.29) is 18.0 Å². The molecule has 1 aliphatic carbocycles. The molecule has 1 aliphatic rings. The molecule has 8 nitrogen and oxygen atoms in total. The first-order chi connectivity index (χ1) is 12.7. The zero-order valence-corrected chi connectivity index (χ0v) is 16.2. The van der Waals surface area contributed by atoms with Crippen molar-refractivity contribution in [2.24, 2.45) is 5.92 Å². The molecule has 0 aliphatic heterocycles. The fraction of sp³-hybridized carbons (Fsp3) is 0.500.